The van der Waals surface area contributed by atoms with Crippen LogP contribution in [0.4, 0.5) is 21.9 Å². The second-order valence-electron chi connectivity index (χ2n) is 5.98. The number of carbonyl (C=O) groups excluding carboxylic acids is 1. The number of nitrogens with two attached hydrogens (primary N) is 1. The molecule has 10 heteroatoms. The number of carboxylic acid groups (broad SMARTS) is 1. The van der Waals surface area contributed by atoms with Crippen LogP contribution < -0.4 is 15.4 Å². The number of benzene rings is 2. The molecule has 9 nitrogen and oxygen atoms in total. The summed E-state index contributed by atoms with van der Waals surface area (Å²) in [6.45, 7) is 2.78. The molecule has 0 aliphatic carbocycles. The third kappa shape index (κ3) is 4.45. The maximum Gasteiger partial charge on any atom is 0.347 e. The molecule has 2 rings (SSSR count). The molecule has 3 N–H and O–H groups in total. The Bertz CT molecular complexity index is 898. The molecule has 2 aromatic rings. The van der Waals surface area contributed by atoms with E-state index in [4.69, 9.17) is 27.2 Å². The van der Waals surface area contributed by atoms with Gasteiger partial charge in [-0.1, -0.05) is 11.6 Å². The van der Waals surface area contributed by atoms with E-state index < -0.39 is 22.5 Å². The fourth-order valence-electron chi connectivity index (χ4n) is 2.17. The van der Waals surface area contributed by atoms with Gasteiger partial charge < -0.3 is 15.6 Å². The van der Waals surface area contributed by atoms with E-state index in [-0.39, 0.29) is 27.8 Å². The molecule has 2 aromatic carbocycles. The highest BCUT2D eigenvalue weighted by Crippen LogP contribution is 2.35. The highest BCUT2D eigenvalue weighted by Gasteiger charge is 2.29. The van der Waals surface area contributed by atoms with Crippen molar-refractivity contribution in [2.45, 2.75) is 19.4 Å². The van der Waals surface area contributed by atoms with Crippen LogP contribution in [0.5, 0.6) is 5.75 Å². The number of urea groups is 1. The molecule has 0 atom stereocenters. The molecule has 27 heavy (non-hydrogen) atoms. The number of nitrogens with zero attached hydrogens (tertiary/aromatic N) is 2. The Kier molecular flexibility index (Phi) is 5.55. The summed E-state index contributed by atoms with van der Waals surface area (Å²) in [6.07, 6.45) is 0. The lowest BCUT2D eigenvalue weighted by molar-refractivity contribution is -0.384. The molecule has 0 aliphatic rings. The van der Waals surface area contributed by atoms with E-state index in [1.54, 1.807) is 0 Å². The van der Waals surface area contributed by atoms with Gasteiger partial charge in [-0.15, -0.1) is 0 Å². The highest BCUT2D eigenvalue weighted by molar-refractivity contribution is 6.34. The fraction of sp³-hybridized carbons (Fsp3) is 0.176. The molecule has 0 radical (unpaired) electrons. The summed E-state index contributed by atoms with van der Waals surface area (Å²) in [5, 5.41) is 20.2. The van der Waals surface area contributed by atoms with Gasteiger partial charge in [0.2, 0.25) is 0 Å². The van der Waals surface area contributed by atoms with Crippen LogP contribution in [-0.2, 0) is 4.79 Å². The number of anilines is 2. The van der Waals surface area contributed by atoms with Crippen LogP contribution in [0.2, 0.25) is 5.02 Å². The van der Waals surface area contributed by atoms with Gasteiger partial charge in [0.05, 0.1) is 21.3 Å². The van der Waals surface area contributed by atoms with Gasteiger partial charge in [0.1, 0.15) is 5.75 Å². The second-order valence-corrected chi connectivity index (χ2v) is 6.39. The van der Waals surface area contributed by atoms with Crippen molar-refractivity contribution in [1.29, 1.82) is 0 Å². The number of amides is 2. The van der Waals surface area contributed by atoms with Gasteiger partial charge in [-0.25, -0.2) is 9.59 Å². The molecule has 0 fully saturated rings. The Hall–Kier alpha value is -3.33. The first-order valence-electron chi connectivity index (χ1n) is 7.59. The first-order valence-corrected chi connectivity index (χ1v) is 7.96. The van der Waals surface area contributed by atoms with Crippen LogP contribution in [0.25, 0.3) is 0 Å². The Morgan fingerprint density at radius 1 is 1.22 bits per heavy atom. The molecule has 0 aromatic heterocycles. The standard InChI is InChI=1S/C17H16ClN3O6/c1-17(2,15(22)23)27-12-6-3-10(4-7-12)20(16(19)24)14-9-11(21(25)26)5-8-13(14)18/h3-9H,1-2H3,(H2,19,24)(H,22,23). The lowest BCUT2D eigenvalue weighted by Gasteiger charge is -2.24. The minimum atomic E-state index is -1.45. The normalized spacial score (nSPS) is 10.9. The Morgan fingerprint density at radius 3 is 2.30 bits per heavy atom. The van der Waals surface area contributed by atoms with Crippen molar-refractivity contribution in [1.82, 2.24) is 0 Å². The van der Waals surface area contributed by atoms with Crippen molar-refractivity contribution in [3.05, 3.63) is 57.6 Å². The quantitative estimate of drug-likeness (QED) is 0.567. The Morgan fingerprint density at radius 2 is 1.81 bits per heavy atom. The smallest absolute Gasteiger partial charge is 0.347 e. The largest absolute Gasteiger partial charge is 0.478 e. The van der Waals surface area contributed by atoms with Gasteiger partial charge in [0.25, 0.3) is 5.69 Å². The predicted molar refractivity (Wildman–Crippen MR) is 98.6 cm³/mol. The molecule has 142 valence electrons. The number of nitro benzene ring substituents is 1. The molecule has 0 spiro atoms. The van der Waals surface area contributed by atoms with E-state index in [0.717, 1.165) is 11.0 Å². The number of hydrogen-bond acceptors (Lipinski definition) is 5. The summed E-state index contributed by atoms with van der Waals surface area (Å²) in [4.78, 5) is 34.5. The maximum atomic E-state index is 11.9. The third-order valence-corrected chi connectivity index (χ3v) is 3.90. The molecule has 0 aliphatic heterocycles. The SMILES string of the molecule is CC(C)(Oc1ccc(N(C(N)=O)c2cc([N+](=O)[O-])ccc2Cl)cc1)C(=O)O. The summed E-state index contributed by atoms with van der Waals surface area (Å²) >= 11 is 6.08. The van der Waals surface area contributed by atoms with Gasteiger partial charge in [-0.05, 0) is 44.2 Å². The zero-order valence-corrected chi connectivity index (χ0v) is 15.1. The lowest BCUT2D eigenvalue weighted by Crippen LogP contribution is -2.37. The van der Waals surface area contributed by atoms with Gasteiger partial charge in [-0.2, -0.15) is 0 Å². The molecule has 0 unspecified atom stereocenters. The summed E-state index contributed by atoms with van der Waals surface area (Å²) in [5.41, 5.74) is 4.02. The number of carbonyl (C=O) groups is 2. The topological polar surface area (TPSA) is 136 Å². The zero-order chi connectivity index (χ0) is 20.4. The van der Waals surface area contributed by atoms with Crippen LogP contribution in [0, 0.1) is 10.1 Å². The van der Waals surface area contributed by atoms with Crippen LogP contribution >= 0.6 is 11.6 Å². The minimum Gasteiger partial charge on any atom is -0.478 e. The molecule has 0 saturated heterocycles. The van der Waals surface area contributed by atoms with Gasteiger partial charge in [0.15, 0.2) is 5.60 Å². The summed E-state index contributed by atoms with van der Waals surface area (Å²) in [7, 11) is 0. The average molecular weight is 394 g/mol. The lowest BCUT2D eigenvalue weighted by atomic mass is 10.1. The van der Waals surface area contributed by atoms with E-state index in [2.05, 4.69) is 0 Å². The highest BCUT2D eigenvalue weighted by atomic mass is 35.5. The van der Waals surface area contributed by atoms with Gasteiger partial charge in [0, 0.05) is 12.1 Å². The number of halogens is 1. The summed E-state index contributed by atoms with van der Waals surface area (Å²) < 4.78 is 5.39. The minimum absolute atomic E-state index is 0.0397. The first-order chi connectivity index (χ1) is 12.5. The van der Waals surface area contributed by atoms with Gasteiger partial charge >= 0.3 is 12.0 Å². The fourth-order valence-corrected chi connectivity index (χ4v) is 2.37. The van der Waals surface area contributed by atoms with Crippen LogP contribution in [0.15, 0.2) is 42.5 Å². The average Bonchev–Trinajstić information content (AvgIpc) is 2.57. The second kappa shape index (κ2) is 7.50. The maximum absolute atomic E-state index is 11.9. The van der Waals surface area contributed by atoms with E-state index >= 15 is 0 Å². The van der Waals surface area contributed by atoms with Crippen LogP contribution in [-0.4, -0.2) is 27.6 Å². The van der Waals surface area contributed by atoms with Gasteiger partial charge in [-0.3, -0.25) is 15.0 Å². The molecule has 0 heterocycles. The number of hydrogen-bond donors (Lipinski definition) is 2. The molecule has 0 bridgehead atoms. The van der Waals surface area contributed by atoms with E-state index in [1.807, 2.05) is 0 Å². The number of aliphatic carboxylic acids is 1. The van der Waals surface area contributed by atoms with Crippen molar-refractivity contribution in [2.75, 3.05) is 4.90 Å². The number of ether oxygens (including phenoxy) is 1. The predicted octanol–water partition coefficient (Wildman–Crippen LogP) is 3.71. The number of nitro groups is 1. The van der Waals surface area contributed by atoms with E-state index in [1.165, 1.54) is 50.2 Å². The number of non-ortho nitro benzene ring substituents is 1. The number of primary amides is 1. The summed E-state index contributed by atoms with van der Waals surface area (Å²) in [5.74, 6) is -0.894. The monoisotopic (exact) mass is 393 g/mol. The first kappa shape index (κ1) is 20.0. The van der Waals surface area contributed by atoms with E-state index in [0.29, 0.717) is 0 Å². The van der Waals surface area contributed by atoms with Crippen LogP contribution in [0.3, 0.4) is 0 Å². The molecule has 2 amide bonds. The molecular formula is C17H16ClN3O6. The van der Waals surface area contributed by atoms with Crippen molar-refractivity contribution >= 4 is 40.7 Å². The van der Waals surface area contributed by atoms with Crippen molar-refractivity contribution in [3.8, 4) is 5.75 Å². The summed E-state index contributed by atoms with van der Waals surface area (Å²) in [6, 6.07) is 8.51. The zero-order valence-electron chi connectivity index (χ0n) is 14.4. The molecular weight excluding hydrogens is 378 g/mol. The number of rotatable bonds is 6. The van der Waals surface area contributed by atoms with E-state index in [9.17, 15) is 19.7 Å². The van der Waals surface area contributed by atoms with Crippen molar-refractivity contribution < 1.29 is 24.4 Å². The Balaban J connectivity index is 2.41. The van der Waals surface area contributed by atoms with Crippen LogP contribution in [0.1, 0.15) is 13.8 Å². The van der Waals surface area contributed by atoms with Crippen molar-refractivity contribution in [2.24, 2.45) is 5.73 Å². The molecule has 0 saturated carbocycles. The third-order valence-electron chi connectivity index (χ3n) is 3.58. The van der Waals surface area contributed by atoms with Crippen molar-refractivity contribution in [3.63, 3.8) is 0 Å². The Labute approximate surface area is 159 Å². The number of carboxylic acids is 1.